The summed E-state index contributed by atoms with van der Waals surface area (Å²) in [5.41, 5.74) is 1.71. The number of hydrogen-bond acceptors (Lipinski definition) is 5. The van der Waals surface area contributed by atoms with Gasteiger partial charge in [-0.3, -0.25) is 4.79 Å². The van der Waals surface area contributed by atoms with E-state index >= 15 is 0 Å². The number of aryl methyl sites for hydroxylation is 1. The van der Waals surface area contributed by atoms with E-state index in [1.807, 2.05) is 12.1 Å². The molecule has 3 N–H and O–H groups in total. The van der Waals surface area contributed by atoms with Crippen molar-refractivity contribution in [1.29, 1.82) is 0 Å². The molecule has 0 atom stereocenters. The minimum absolute atomic E-state index is 0.347. The lowest BCUT2D eigenvalue weighted by Gasteiger charge is -2.10. The van der Waals surface area contributed by atoms with Gasteiger partial charge in [0.15, 0.2) is 0 Å². The van der Waals surface area contributed by atoms with Crippen molar-refractivity contribution in [3.8, 4) is 5.75 Å². The van der Waals surface area contributed by atoms with Gasteiger partial charge in [0.25, 0.3) is 5.56 Å². The van der Waals surface area contributed by atoms with Crippen LogP contribution in [-0.4, -0.2) is 23.0 Å². The maximum atomic E-state index is 11.8. The molecule has 2 rings (SSSR count). The van der Waals surface area contributed by atoms with Gasteiger partial charge in [-0.25, -0.2) is 5.10 Å². The zero-order valence-corrected chi connectivity index (χ0v) is 10.7. The molecule has 0 saturated carbocycles. The van der Waals surface area contributed by atoms with Crippen molar-refractivity contribution in [1.82, 2.24) is 10.2 Å². The van der Waals surface area contributed by atoms with Gasteiger partial charge in [-0.15, -0.1) is 0 Å². The van der Waals surface area contributed by atoms with Crippen molar-refractivity contribution >= 4 is 5.71 Å². The quantitative estimate of drug-likeness (QED) is 0.483. The largest absolute Gasteiger partial charge is 0.496 e. The molecule has 0 bridgehead atoms. The molecule has 1 heterocycles. The van der Waals surface area contributed by atoms with Crippen LogP contribution in [0.15, 0.2) is 40.2 Å². The van der Waals surface area contributed by atoms with Crippen LogP contribution >= 0.6 is 0 Å². The van der Waals surface area contributed by atoms with Crippen molar-refractivity contribution in [2.45, 2.75) is 6.92 Å². The molecular weight excluding hydrogens is 244 g/mol. The van der Waals surface area contributed by atoms with Crippen LogP contribution in [0, 0.1) is 6.92 Å². The molecule has 0 aliphatic carbocycles. The predicted molar refractivity (Wildman–Crippen MR) is 72.4 cm³/mol. The molecule has 0 radical (unpaired) electrons. The van der Waals surface area contributed by atoms with Gasteiger partial charge in [0.2, 0.25) is 0 Å². The van der Waals surface area contributed by atoms with E-state index in [1.54, 1.807) is 32.2 Å². The van der Waals surface area contributed by atoms with E-state index in [-0.39, 0.29) is 5.56 Å². The van der Waals surface area contributed by atoms with Gasteiger partial charge < -0.3 is 10.6 Å². The lowest BCUT2D eigenvalue weighted by Crippen LogP contribution is -2.22. The van der Waals surface area contributed by atoms with E-state index in [4.69, 9.17) is 10.6 Å². The minimum atomic E-state index is -0.347. The van der Waals surface area contributed by atoms with Crippen LogP contribution < -0.4 is 16.1 Å². The summed E-state index contributed by atoms with van der Waals surface area (Å²) >= 11 is 0. The maximum absolute atomic E-state index is 11.8. The number of methoxy groups -OCH3 is 1. The zero-order chi connectivity index (χ0) is 13.8. The molecule has 0 unspecified atom stereocenters. The molecule has 0 fully saturated rings. The van der Waals surface area contributed by atoms with Crippen LogP contribution in [0.4, 0.5) is 0 Å². The lowest BCUT2D eigenvalue weighted by molar-refractivity contribution is 0.414. The number of aromatic amines is 1. The summed E-state index contributed by atoms with van der Waals surface area (Å²) in [7, 11) is 1.55. The number of aromatic nitrogens is 2. The Hall–Kier alpha value is -2.63. The number of ether oxygens (including phenoxy) is 1. The number of H-pyrrole nitrogens is 1. The van der Waals surface area contributed by atoms with Gasteiger partial charge in [0.1, 0.15) is 11.5 Å². The molecule has 0 aliphatic rings. The molecule has 0 spiro atoms. The second-order valence-corrected chi connectivity index (χ2v) is 3.93. The van der Waals surface area contributed by atoms with E-state index in [9.17, 15) is 4.79 Å². The van der Waals surface area contributed by atoms with Crippen LogP contribution in [0.3, 0.4) is 0 Å². The molecule has 19 heavy (non-hydrogen) atoms. The Kier molecular flexibility index (Phi) is 3.61. The maximum Gasteiger partial charge on any atom is 0.273 e. The summed E-state index contributed by atoms with van der Waals surface area (Å²) in [5, 5.41) is 9.96. The summed E-state index contributed by atoms with van der Waals surface area (Å²) in [4.78, 5) is 11.8. The molecule has 0 aliphatic heterocycles. The SMILES string of the molecule is COc1ccccc1C(=NN)c1cc(C)n[nH]c1=O. The third kappa shape index (κ3) is 2.47. The molecule has 98 valence electrons. The normalized spacial score (nSPS) is 11.4. The molecule has 0 saturated heterocycles. The number of benzene rings is 1. The van der Waals surface area contributed by atoms with E-state index in [0.717, 1.165) is 0 Å². The smallest absolute Gasteiger partial charge is 0.273 e. The molecule has 1 aromatic carbocycles. The highest BCUT2D eigenvalue weighted by Gasteiger charge is 2.15. The number of hydrazone groups is 1. The van der Waals surface area contributed by atoms with Crippen molar-refractivity contribution in [3.63, 3.8) is 0 Å². The highest BCUT2D eigenvalue weighted by Crippen LogP contribution is 2.20. The summed E-state index contributed by atoms with van der Waals surface area (Å²) < 4.78 is 5.26. The van der Waals surface area contributed by atoms with Crippen molar-refractivity contribution in [2.75, 3.05) is 7.11 Å². The third-order valence-electron chi connectivity index (χ3n) is 2.68. The standard InChI is InChI=1S/C13H14N4O2/c1-8-7-10(13(18)17-16-8)12(15-14)9-5-3-4-6-11(9)19-2/h3-7H,14H2,1-2H3,(H,17,18). The Balaban J connectivity index is 2.64. The molecule has 0 amide bonds. The number of rotatable bonds is 3. The Labute approximate surface area is 109 Å². The van der Waals surface area contributed by atoms with Crippen LogP contribution in [0.1, 0.15) is 16.8 Å². The average molecular weight is 258 g/mol. The van der Waals surface area contributed by atoms with Crippen LogP contribution in [-0.2, 0) is 0 Å². The first-order valence-electron chi connectivity index (χ1n) is 5.65. The molecular formula is C13H14N4O2. The Morgan fingerprint density at radius 3 is 2.79 bits per heavy atom. The van der Waals surface area contributed by atoms with Crippen LogP contribution in [0.2, 0.25) is 0 Å². The summed E-state index contributed by atoms with van der Waals surface area (Å²) in [6.45, 7) is 1.77. The molecule has 1 aromatic heterocycles. The first kappa shape index (κ1) is 12.8. The average Bonchev–Trinajstić information content (AvgIpc) is 2.44. The van der Waals surface area contributed by atoms with Gasteiger partial charge in [0, 0.05) is 5.56 Å². The van der Waals surface area contributed by atoms with Crippen LogP contribution in [0.25, 0.3) is 0 Å². The van der Waals surface area contributed by atoms with E-state index in [2.05, 4.69) is 15.3 Å². The monoisotopic (exact) mass is 258 g/mol. The fraction of sp³-hybridized carbons (Fsp3) is 0.154. The Morgan fingerprint density at radius 1 is 1.37 bits per heavy atom. The minimum Gasteiger partial charge on any atom is -0.496 e. The third-order valence-corrected chi connectivity index (χ3v) is 2.68. The Morgan fingerprint density at radius 2 is 2.11 bits per heavy atom. The number of para-hydroxylation sites is 1. The highest BCUT2D eigenvalue weighted by atomic mass is 16.5. The van der Waals surface area contributed by atoms with Crippen molar-refractivity contribution in [3.05, 3.63) is 57.5 Å². The van der Waals surface area contributed by atoms with Gasteiger partial charge in [-0.2, -0.15) is 10.2 Å². The van der Waals surface area contributed by atoms with Gasteiger partial charge >= 0.3 is 0 Å². The topological polar surface area (TPSA) is 93.4 Å². The fourth-order valence-electron chi connectivity index (χ4n) is 1.81. The predicted octanol–water partition coefficient (Wildman–Crippen LogP) is 0.798. The van der Waals surface area contributed by atoms with Gasteiger partial charge in [0.05, 0.1) is 18.4 Å². The van der Waals surface area contributed by atoms with E-state index in [1.165, 1.54) is 0 Å². The fourth-order valence-corrected chi connectivity index (χ4v) is 1.81. The Bertz CT molecular complexity index is 676. The van der Waals surface area contributed by atoms with Gasteiger partial charge in [-0.05, 0) is 25.1 Å². The molecule has 2 aromatic rings. The first-order valence-corrected chi connectivity index (χ1v) is 5.65. The number of nitrogens with zero attached hydrogens (tertiary/aromatic N) is 2. The number of hydrogen-bond donors (Lipinski definition) is 2. The summed E-state index contributed by atoms with van der Waals surface area (Å²) in [6.07, 6.45) is 0. The number of nitrogens with one attached hydrogen (secondary N) is 1. The second kappa shape index (κ2) is 5.34. The second-order valence-electron chi connectivity index (χ2n) is 3.93. The van der Waals surface area contributed by atoms with E-state index in [0.29, 0.717) is 28.3 Å². The van der Waals surface area contributed by atoms with Gasteiger partial charge in [-0.1, -0.05) is 12.1 Å². The van der Waals surface area contributed by atoms with Crippen molar-refractivity contribution < 1.29 is 4.74 Å². The zero-order valence-electron chi connectivity index (χ0n) is 10.7. The first-order chi connectivity index (χ1) is 9.17. The van der Waals surface area contributed by atoms with Crippen LogP contribution in [0.5, 0.6) is 5.75 Å². The highest BCUT2D eigenvalue weighted by molar-refractivity contribution is 6.14. The molecule has 6 nitrogen and oxygen atoms in total. The molecule has 6 heteroatoms. The van der Waals surface area contributed by atoms with Crippen molar-refractivity contribution in [2.24, 2.45) is 10.9 Å². The summed E-state index contributed by atoms with van der Waals surface area (Å²) in [5.74, 6) is 6.04. The lowest BCUT2D eigenvalue weighted by atomic mass is 10.0. The number of nitrogens with two attached hydrogens (primary N) is 1. The summed E-state index contributed by atoms with van der Waals surface area (Å²) in [6, 6.07) is 8.86. The van der Waals surface area contributed by atoms with E-state index < -0.39 is 0 Å².